The molecule has 3 rings (SSSR count). The van der Waals surface area contributed by atoms with E-state index in [1.807, 2.05) is 0 Å². The normalized spacial score (nSPS) is 16.1. The highest BCUT2D eigenvalue weighted by Crippen LogP contribution is 2.34. The summed E-state index contributed by atoms with van der Waals surface area (Å²) in [7, 11) is -0.581. The Morgan fingerprint density at radius 3 is 2.44 bits per heavy atom. The Labute approximate surface area is 158 Å². The summed E-state index contributed by atoms with van der Waals surface area (Å²) in [5, 5.41) is 2.74. The Balaban J connectivity index is 1.65. The topological polar surface area (TPSA) is 84.9 Å². The number of amides is 1. The number of nitrogens with zero attached hydrogens (tertiary/aromatic N) is 1. The van der Waals surface area contributed by atoms with Gasteiger partial charge in [-0.3, -0.25) is 4.79 Å². The fraction of sp³-hybridized carbons (Fsp3) is 0.316. The summed E-state index contributed by atoms with van der Waals surface area (Å²) in [6, 6.07) is 11.8. The number of ether oxygens (including phenoxy) is 2. The predicted molar refractivity (Wildman–Crippen MR) is 102 cm³/mol. The minimum Gasteiger partial charge on any atom is -0.497 e. The molecule has 7 nitrogen and oxygen atoms in total. The van der Waals surface area contributed by atoms with Crippen molar-refractivity contribution in [1.82, 2.24) is 4.31 Å². The van der Waals surface area contributed by atoms with Crippen LogP contribution in [0.15, 0.2) is 47.4 Å². The Morgan fingerprint density at radius 2 is 1.78 bits per heavy atom. The number of nitrogens with one attached hydrogen (secondary N) is 1. The number of benzene rings is 2. The van der Waals surface area contributed by atoms with Crippen molar-refractivity contribution in [3.8, 4) is 11.5 Å². The van der Waals surface area contributed by atoms with Gasteiger partial charge in [-0.1, -0.05) is 0 Å². The minimum absolute atomic E-state index is 0.124. The van der Waals surface area contributed by atoms with Crippen molar-refractivity contribution in [3.63, 3.8) is 0 Å². The quantitative estimate of drug-likeness (QED) is 0.785. The first-order valence-electron chi connectivity index (χ1n) is 8.51. The van der Waals surface area contributed by atoms with Crippen LogP contribution < -0.4 is 14.8 Å². The van der Waals surface area contributed by atoms with E-state index >= 15 is 0 Å². The van der Waals surface area contributed by atoms with Gasteiger partial charge in [-0.25, -0.2) is 8.42 Å². The van der Waals surface area contributed by atoms with Crippen LogP contribution in [0.25, 0.3) is 0 Å². The van der Waals surface area contributed by atoms with E-state index in [2.05, 4.69) is 5.32 Å². The number of fused-ring (bicyclic) bond motifs is 1. The summed E-state index contributed by atoms with van der Waals surface area (Å²) in [5.41, 5.74) is 1.36. The molecule has 2 aromatic carbocycles. The zero-order valence-electron chi connectivity index (χ0n) is 15.4. The average molecular weight is 390 g/mol. The van der Waals surface area contributed by atoms with Gasteiger partial charge in [0.05, 0.1) is 17.9 Å². The zero-order valence-corrected chi connectivity index (χ0v) is 16.2. The molecule has 144 valence electrons. The second kappa shape index (κ2) is 7.58. The first kappa shape index (κ1) is 19.2. The van der Waals surface area contributed by atoms with E-state index in [9.17, 15) is 13.2 Å². The predicted octanol–water partition coefficient (Wildman–Crippen LogP) is 2.45. The maximum absolute atomic E-state index is 12.8. The zero-order chi connectivity index (χ0) is 19.6. The molecule has 0 bridgehead atoms. The average Bonchev–Trinajstić information content (AvgIpc) is 2.95. The van der Waals surface area contributed by atoms with E-state index in [-0.39, 0.29) is 29.9 Å². The van der Waals surface area contributed by atoms with E-state index in [0.29, 0.717) is 17.0 Å². The molecule has 0 aliphatic carbocycles. The van der Waals surface area contributed by atoms with Crippen LogP contribution in [0.3, 0.4) is 0 Å². The smallest absolute Gasteiger partial charge is 0.242 e. The molecular weight excluding hydrogens is 368 g/mol. The molecule has 27 heavy (non-hydrogen) atoms. The number of hydrogen-bond acceptors (Lipinski definition) is 5. The van der Waals surface area contributed by atoms with Crippen LogP contribution >= 0.6 is 0 Å². The van der Waals surface area contributed by atoms with E-state index in [0.717, 1.165) is 5.75 Å². The molecule has 0 saturated heterocycles. The third kappa shape index (κ3) is 3.91. The lowest BCUT2D eigenvalue weighted by atomic mass is 10.0. The Bertz CT molecular complexity index is 941. The number of methoxy groups -OCH3 is 1. The van der Waals surface area contributed by atoms with Crippen molar-refractivity contribution in [2.24, 2.45) is 0 Å². The molecule has 0 radical (unpaired) electrons. The molecule has 1 amide bonds. The van der Waals surface area contributed by atoms with E-state index in [1.165, 1.54) is 17.4 Å². The van der Waals surface area contributed by atoms with Gasteiger partial charge in [0.2, 0.25) is 15.9 Å². The van der Waals surface area contributed by atoms with Crippen molar-refractivity contribution in [3.05, 3.63) is 48.0 Å². The van der Waals surface area contributed by atoms with Gasteiger partial charge in [0, 0.05) is 19.3 Å². The monoisotopic (exact) mass is 390 g/mol. The highest BCUT2D eigenvalue weighted by Gasteiger charge is 2.29. The van der Waals surface area contributed by atoms with Gasteiger partial charge in [-0.15, -0.1) is 0 Å². The Hall–Kier alpha value is -2.58. The second-order valence-electron chi connectivity index (χ2n) is 6.31. The number of likely N-dealkylation sites (N-methyl/N-ethyl adjacent to an activating group) is 1. The van der Waals surface area contributed by atoms with Crippen LogP contribution in [0.2, 0.25) is 0 Å². The first-order valence-corrected chi connectivity index (χ1v) is 9.95. The summed E-state index contributed by atoms with van der Waals surface area (Å²) in [6.07, 6.45) is 0. The number of carbonyl (C=O) groups is 1. The third-order valence-electron chi connectivity index (χ3n) is 4.58. The fourth-order valence-electron chi connectivity index (χ4n) is 2.82. The van der Waals surface area contributed by atoms with Crippen LogP contribution in [0.4, 0.5) is 5.69 Å². The van der Waals surface area contributed by atoms with Gasteiger partial charge in [0.1, 0.15) is 18.1 Å². The van der Waals surface area contributed by atoms with Gasteiger partial charge in [0.15, 0.2) is 0 Å². The summed E-state index contributed by atoms with van der Waals surface area (Å²) >= 11 is 0. The standard InChI is InChI=1S/C19H22N2O5S/c1-13-17-12-16(8-9-18(17)20-19(13)22)27(23,24)21(2)10-11-26-15-6-4-14(25-3)5-7-15/h4-9,12-13H,10-11H2,1-3H3,(H,20,22)/t13-/m0/s1. The van der Waals surface area contributed by atoms with Crippen LogP contribution in [0, 0.1) is 0 Å². The summed E-state index contributed by atoms with van der Waals surface area (Å²) in [6.45, 7) is 2.16. The fourth-order valence-corrected chi connectivity index (χ4v) is 4.01. The molecule has 0 fully saturated rings. The van der Waals surface area contributed by atoms with Gasteiger partial charge in [-0.05, 0) is 55.0 Å². The molecule has 0 unspecified atom stereocenters. The molecule has 1 heterocycles. The maximum atomic E-state index is 12.8. The molecule has 1 N–H and O–H groups in total. The molecule has 1 aliphatic rings. The number of hydrogen-bond donors (Lipinski definition) is 1. The highest BCUT2D eigenvalue weighted by atomic mass is 32.2. The van der Waals surface area contributed by atoms with Crippen molar-refractivity contribution in [1.29, 1.82) is 0 Å². The number of sulfonamides is 1. The lowest BCUT2D eigenvalue weighted by Gasteiger charge is -2.18. The first-order chi connectivity index (χ1) is 12.8. The van der Waals surface area contributed by atoms with Crippen LogP contribution in [-0.4, -0.2) is 45.9 Å². The third-order valence-corrected chi connectivity index (χ3v) is 6.44. The maximum Gasteiger partial charge on any atom is 0.242 e. The molecule has 0 saturated carbocycles. The van der Waals surface area contributed by atoms with E-state index in [1.54, 1.807) is 50.4 Å². The minimum atomic E-state index is -3.67. The largest absolute Gasteiger partial charge is 0.497 e. The summed E-state index contributed by atoms with van der Waals surface area (Å²) < 4.78 is 37.5. The lowest BCUT2D eigenvalue weighted by Crippen LogP contribution is -2.31. The van der Waals surface area contributed by atoms with Gasteiger partial charge in [-0.2, -0.15) is 4.31 Å². The van der Waals surface area contributed by atoms with Crippen molar-refractivity contribution in [2.75, 3.05) is 32.6 Å². The van der Waals surface area contributed by atoms with Gasteiger partial charge < -0.3 is 14.8 Å². The Kier molecular flexibility index (Phi) is 5.38. The van der Waals surface area contributed by atoms with E-state index in [4.69, 9.17) is 9.47 Å². The molecule has 2 aromatic rings. The summed E-state index contributed by atoms with van der Waals surface area (Å²) in [5.74, 6) is 0.873. The Morgan fingerprint density at radius 1 is 1.11 bits per heavy atom. The highest BCUT2D eigenvalue weighted by molar-refractivity contribution is 7.89. The molecule has 1 atom stereocenters. The number of anilines is 1. The molecule has 1 aliphatic heterocycles. The summed E-state index contributed by atoms with van der Waals surface area (Å²) in [4.78, 5) is 11.9. The molecule has 0 spiro atoms. The van der Waals surface area contributed by atoms with Crippen molar-refractivity contribution < 1.29 is 22.7 Å². The number of rotatable bonds is 7. The molecule has 8 heteroatoms. The van der Waals surface area contributed by atoms with Crippen molar-refractivity contribution >= 4 is 21.6 Å². The molecule has 0 aromatic heterocycles. The van der Waals surface area contributed by atoms with E-state index < -0.39 is 10.0 Å². The van der Waals surface area contributed by atoms with Crippen molar-refractivity contribution in [2.45, 2.75) is 17.7 Å². The van der Waals surface area contributed by atoms with Gasteiger partial charge >= 0.3 is 0 Å². The SMILES string of the molecule is COc1ccc(OCCN(C)S(=O)(=O)c2ccc3c(c2)[C@H](C)C(=O)N3)cc1. The lowest BCUT2D eigenvalue weighted by molar-refractivity contribution is -0.116. The second-order valence-corrected chi connectivity index (χ2v) is 8.36. The van der Waals surface area contributed by atoms with Crippen LogP contribution in [0.5, 0.6) is 11.5 Å². The number of carbonyl (C=O) groups excluding carboxylic acids is 1. The van der Waals surface area contributed by atoms with Crippen LogP contribution in [0.1, 0.15) is 18.4 Å². The molecular formula is C19H22N2O5S. The van der Waals surface area contributed by atoms with Gasteiger partial charge in [0.25, 0.3) is 0 Å². The van der Waals surface area contributed by atoms with Crippen LogP contribution in [-0.2, 0) is 14.8 Å².